The summed E-state index contributed by atoms with van der Waals surface area (Å²) in [5.41, 5.74) is 2.74. The molecule has 0 atom stereocenters. The lowest BCUT2D eigenvalue weighted by molar-refractivity contribution is 0.277. The molecule has 1 aliphatic rings. The van der Waals surface area contributed by atoms with Gasteiger partial charge in [0.15, 0.2) is 0 Å². The molecule has 0 bridgehead atoms. The van der Waals surface area contributed by atoms with Crippen LogP contribution in [0.4, 0.5) is 0 Å². The summed E-state index contributed by atoms with van der Waals surface area (Å²) >= 11 is 0. The Bertz CT molecular complexity index is 494. The number of nitrogens with zero attached hydrogens (tertiary/aromatic N) is 3. The van der Waals surface area contributed by atoms with E-state index in [0.29, 0.717) is 0 Å². The van der Waals surface area contributed by atoms with Crippen LogP contribution in [0.25, 0.3) is 0 Å². The van der Waals surface area contributed by atoms with Gasteiger partial charge in [-0.2, -0.15) is 5.10 Å². The van der Waals surface area contributed by atoms with Crippen molar-refractivity contribution in [2.24, 2.45) is 0 Å². The molecule has 20 heavy (non-hydrogen) atoms. The highest BCUT2D eigenvalue weighted by molar-refractivity contribution is 5.22. The normalized spacial score (nSPS) is 17.0. The van der Waals surface area contributed by atoms with Gasteiger partial charge in [-0.1, -0.05) is 37.1 Å². The summed E-state index contributed by atoms with van der Waals surface area (Å²) in [6.45, 7) is 4.48. The minimum absolute atomic E-state index is 0.858. The van der Waals surface area contributed by atoms with E-state index in [4.69, 9.17) is 0 Å². The van der Waals surface area contributed by atoms with Gasteiger partial charge in [-0.15, -0.1) is 0 Å². The van der Waals surface area contributed by atoms with Gasteiger partial charge in [0.25, 0.3) is 0 Å². The van der Waals surface area contributed by atoms with E-state index in [1.807, 2.05) is 23.1 Å². The highest BCUT2D eigenvalue weighted by Crippen LogP contribution is 2.14. The second-order valence-electron chi connectivity index (χ2n) is 5.71. The minimum atomic E-state index is 0.858. The Morgan fingerprint density at radius 3 is 2.10 bits per heavy atom. The largest absolute Gasteiger partial charge is 0.299 e. The van der Waals surface area contributed by atoms with Gasteiger partial charge in [-0.3, -0.25) is 9.58 Å². The van der Waals surface area contributed by atoms with E-state index in [-0.39, 0.29) is 0 Å². The molecule has 1 aliphatic heterocycles. The Morgan fingerprint density at radius 1 is 0.850 bits per heavy atom. The zero-order valence-corrected chi connectivity index (χ0v) is 12.0. The van der Waals surface area contributed by atoms with Crippen molar-refractivity contribution in [2.75, 3.05) is 13.1 Å². The van der Waals surface area contributed by atoms with Crippen LogP contribution in [0.2, 0.25) is 0 Å². The van der Waals surface area contributed by atoms with Crippen LogP contribution in [0.1, 0.15) is 36.8 Å². The van der Waals surface area contributed by atoms with Crippen LogP contribution in [-0.2, 0) is 13.1 Å². The molecule has 1 saturated heterocycles. The van der Waals surface area contributed by atoms with E-state index in [2.05, 4.69) is 34.3 Å². The maximum Gasteiger partial charge on any atom is 0.0659 e. The van der Waals surface area contributed by atoms with Crippen LogP contribution in [0.15, 0.2) is 42.7 Å². The van der Waals surface area contributed by atoms with Crippen LogP contribution < -0.4 is 0 Å². The molecule has 0 saturated carbocycles. The first-order chi connectivity index (χ1) is 9.90. The van der Waals surface area contributed by atoms with E-state index >= 15 is 0 Å². The Kier molecular flexibility index (Phi) is 4.49. The molecule has 0 unspecified atom stereocenters. The smallest absolute Gasteiger partial charge is 0.0659 e. The number of hydrogen-bond acceptors (Lipinski definition) is 2. The second-order valence-corrected chi connectivity index (χ2v) is 5.71. The van der Waals surface area contributed by atoms with Gasteiger partial charge in [0.1, 0.15) is 0 Å². The van der Waals surface area contributed by atoms with Gasteiger partial charge < -0.3 is 0 Å². The monoisotopic (exact) mass is 269 g/mol. The third-order valence-corrected chi connectivity index (χ3v) is 4.03. The lowest BCUT2D eigenvalue weighted by atomic mass is 10.1. The van der Waals surface area contributed by atoms with Crippen LogP contribution in [0.5, 0.6) is 0 Å². The first-order valence-electron chi connectivity index (χ1n) is 7.68. The highest BCUT2D eigenvalue weighted by atomic mass is 15.3. The third-order valence-electron chi connectivity index (χ3n) is 4.03. The SMILES string of the molecule is c1cnn(Cc2ccc(CN3CCCCCC3)cc2)c1. The molecule has 1 fully saturated rings. The molecular weight excluding hydrogens is 246 g/mol. The van der Waals surface area contributed by atoms with Crippen LogP contribution in [-0.4, -0.2) is 27.8 Å². The summed E-state index contributed by atoms with van der Waals surface area (Å²) < 4.78 is 1.96. The van der Waals surface area contributed by atoms with Crippen LogP contribution in [0, 0.1) is 0 Å². The maximum atomic E-state index is 4.25. The molecule has 3 heteroatoms. The predicted molar refractivity (Wildman–Crippen MR) is 81.5 cm³/mol. The first kappa shape index (κ1) is 13.4. The van der Waals surface area contributed by atoms with E-state index in [1.165, 1.54) is 49.9 Å². The molecule has 106 valence electrons. The average molecular weight is 269 g/mol. The number of rotatable bonds is 4. The molecule has 0 N–H and O–H groups in total. The Morgan fingerprint density at radius 2 is 1.50 bits per heavy atom. The van der Waals surface area contributed by atoms with Crippen molar-refractivity contribution < 1.29 is 0 Å². The van der Waals surface area contributed by atoms with Gasteiger partial charge in [0.05, 0.1) is 6.54 Å². The van der Waals surface area contributed by atoms with Crippen molar-refractivity contribution in [3.05, 3.63) is 53.9 Å². The summed E-state index contributed by atoms with van der Waals surface area (Å²) in [5, 5.41) is 4.25. The summed E-state index contributed by atoms with van der Waals surface area (Å²) in [7, 11) is 0. The highest BCUT2D eigenvalue weighted by Gasteiger charge is 2.09. The van der Waals surface area contributed by atoms with E-state index in [9.17, 15) is 0 Å². The van der Waals surface area contributed by atoms with Crippen molar-refractivity contribution in [1.82, 2.24) is 14.7 Å². The van der Waals surface area contributed by atoms with Crippen molar-refractivity contribution in [3.63, 3.8) is 0 Å². The van der Waals surface area contributed by atoms with Crippen molar-refractivity contribution >= 4 is 0 Å². The number of aromatic nitrogens is 2. The molecule has 0 radical (unpaired) electrons. The number of benzene rings is 1. The molecule has 1 aromatic carbocycles. The number of hydrogen-bond donors (Lipinski definition) is 0. The molecule has 1 aromatic heterocycles. The fourth-order valence-corrected chi connectivity index (χ4v) is 2.88. The molecule has 2 heterocycles. The lowest BCUT2D eigenvalue weighted by Crippen LogP contribution is -2.23. The third kappa shape index (κ3) is 3.70. The van der Waals surface area contributed by atoms with Crippen LogP contribution >= 0.6 is 0 Å². The predicted octanol–water partition coefficient (Wildman–Crippen LogP) is 3.31. The van der Waals surface area contributed by atoms with Crippen molar-refractivity contribution in [3.8, 4) is 0 Å². The maximum absolute atomic E-state index is 4.25. The first-order valence-corrected chi connectivity index (χ1v) is 7.68. The fourth-order valence-electron chi connectivity index (χ4n) is 2.88. The summed E-state index contributed by atoms with van der Waals surface area (Å²) in [6.07, 6.45) is 9.35. The molecule has 3 rings (SSSR count). The topological polar surface area (TPSA) is 21.1 Å². The Hall–Kier alpha value is -1.61. The van der Waals surface area contributed by atoms with Crippen LogP contribution in [0.3, 0.4) is 0 Å². The van der Waals surface area contributed by atoms with Crippen molar-refractivity contribution in [1.29, 1.82) is 0 Å². The second kappa shape index (κ2) is 6.71. The molecule has 2 aromatic rings. The quantitative estimate of drug-likeness (QED) is 0.849. The van der Waals surface area contributed by atoms with Gasteiger partial charge in [0.2, 0.25) is 0 Å². The Labute approximate surface area is 121 Å². The molecular formula is C17H23N3. The molecule has 0 amide bonds. The van der Waals surface area contributed by atoms with Gasteiger partial charge in [0, 0.05) is 18.9 Å². The number of likely N-dealkylation sites (tertiary alicyclic amines) is 1. The van der Waals surface area contributed by atoms with Crippen molar-refractivity contribution in [2.45, 2.75) is 38.8 Å². The zero-order chi connectivity index (χ0) is 13.6. The van der Waals surface area contributed by atoms with E-state index in [1.54, 1.807) is 0 Å². The fraction of sp³-hybridized carbons (Fsp3) is 0.471. The lowest BCUT2D eigenvalue weighted by Gasteiger charge is -2.19. The molecule has 0 aliphatic carbocycles. The minimum Gasteiger partial charge on any atom is -0.299 e. The van der Waals surface area contributed by atoms with E-state index < -0.39 is 0 Å². The standard InChI is InChI=1S/C17H23N3/c1-2-4-12-19(11-3-1)14-16-6-8-17(9-7-16)15-20-13-5-10-18-20/h5-10,13H,1-4,11-12,14-15H2. The summed E-state index contributed by atoms with van der Waals surface area (Å²) in [6, 6.07) is 11.0. The van der Waals surface area contributed by atoms with Gasteiger partial charge in [-0.05, 0) is 43.1 Å². The molecule has 0 spiro atoms. The van der Waals surface area contributed by atoms with E-state index in [0.717, 1.165) is 13.1 Å². The summed E-state index contributed by atoms with van der Waals surface area (Å²) in [5.74, 6) is 0. The van der Waals surface area contributed by atoms with Gasteiger partial charge >= 0.3 is 0 Å². The summed E-state index contributed by atoms with van der Waals surface area (Å²) in [4.78, 5) is 2.59. The average Bonchev–Trinajstić information content (AvgIpc) is 2.84. The Balaban J connectivity index is 1.58. The molecule has 3 nitrogen and oxygen atoms in total. The zero-order valence-electron chi connectivity index (χ0n) is 12.0. The van der Waals surface area contributed by atoms with Gasteiger partial charge in [-0.25, -0.2) is 0 Å².